The second kappa shape index (κ2) is 11.4. The van der Waals surface area contributed by atoms with Crippen molar-refractivity contribution in [3.05, 3.63) is 29.8 Å². The minimum absolute atomic E-state index is 0.150. The number of aryl methyl sites for hydroxylation is 1. The Balaban J connectivity index is 1.19. The summed E-state index contributed by atoms with van der Waals surface area (Å²) < 4.78 is 5.65. The summed E-state index contributed by atoms with van der Waals surface area (Å²) in [4.78, 5) is 12.4. The highest BCUT2D eigenvalue weighted by Gasteiger charge is 2.64. The first kappa shape index (κ1) is 28.9. The van der Waals surface area contributed by atoms with Crippen molar-refractivity contribution in [3.8, 4) is 5.75 Å². The molecule has 0 unspecified atom stereocenters. The molecule has 39 heavy (non-hydrogen) atoms. The number of hydrogen-bond acceptors (Lipinski definition) is 5. The van der Waals surface area contributed by atoms with E-state index < -0.39 is 0 Å². The summed E-state index contributed by atoms with van der Waals surface area (Å²) in [5.41, 5.74) is 1.50. The molecule has 0 spiro atoms. The van der Waals surface area contributed by atoms with E-state index >= 15 is 0 Å². The Labute approximate surface area is 235 Å². The van der Waals surface area contributed by atoms with E-state index in [-0.39, 0.29) is 34.8 Å². The van der Waals surface area contributed by atoms with Crippen LogP contribution in [-0.4, -0.2) is 40.1 Å². The smallest absolute Gasteiger partial charge is 0.306 e. The van der Waals surface area contributed by atoms with Gasteiger partial charge < -0.3 is 20.1 Å². The van der Waals surface area contributed by atoms with Crippen LogP contribution in [0.2, 0.25) is 0 Å². The zero-order valence-corrected chi connectivity index (χ0v) is 24.6. The number of fused-ring (bicyclic) bond motifs is 5. The van der Waals surface area contributed by atoms with E-state index in [1.807, 2.05) is 12.1 Å². The average Bonchev–Trinajstić information content (AvgIpc) is 3.27. The first-order valence-electron chi connectivity index (χ1n) is 15.9. The SMILES string of the molecule is CC[C@H]1[C@@H](O)[C@@H]2[C@H](CC[C@]3(C)[C@@H]([C@H](C)CCOC(=O)CCc4ccc(O)cc4)CC[C@@H]23)[C@@]2(C)CC[C@@H](O)C[C@@H]12. The number of esters is 1. The summed E-state index contributed by atoms with van der Waals surface area (Å²) in [6.45, 7) is 10.1. The van der Waals surface area contributed by atoms with Gasteiger partial charge in [-0.2, -0.15) is 0 Å². The number of aromatic hydroxyl groups is 1. The fourth-order valence-corrected chi connectivity index (χ4v) is 10.5. The van der Waals surface area contributed by atoms with Crippen LogP contribution in [0.5, 0.6) is 5.75 Å². The summed E-state index contributed by atoms with van der Waals surface area (Å²) in [5, 5.41) is 31.8. The molecular weight excluding hydrogens is 488 g/mol. The third kappa shape index (κ3) is 5.27. The van der Waals surface area contributed by atoms with Crippen LogP contribution in [0.1, 0.15) is 97.5 Å². The fourth-order valence-electron chi connectivity index (χ4n) is 10.5. The summed E-state index contributed by atoms with van der Waals surface area (Å²) in [6.07, 6.45) is 10.1. The first-order chi connectivity index (χ1) is 18.6. The van der Waals surface area contributed by atoms with Gasteiger partial charge in [0, 0.05) is 6.42 Å². The van der Waals surface area contributed by atoms with Gasteiger partial charge in [0.2, 0.25) is 0 Å². The largest absolute Gasteiger partial charge is 0.508 e. The minimum Gasteiger partial charge on any atom is -0.508 e. The molecule has 4 aliphatic rings. The van der Waals surface area contributed by atoms with Crippen molar-refractivity contribution < 1.29 is 24.9 Å². The van der Waals surface area contributed by atoms with Crippen LogP contribution in [0, 0.1) is 52.3 Å². The number of benzene rings is 1. The Hall–Kier alpha value is -1.59. The fraction of sp³-hybridized carbons (Fsp3) is 0.794. The lowest BCUT2D eigenvalue weighted by molar-refractivity contribution is -0.203. The number of ether oxygens (including phenoxy) is 1. The maximum atomic E-state index is 12.4. The molecule has 0 amide bonds. The van der Waals surface area contributed by atoms with E-state index in [0.717, 1.165) is 37.7 Å². The highest BCUT2D eigenvalue weighted by atomic mass is 16.5. The maximum absolute atomic E-state index is 12.4. The molecule has 5 heteroatoms. The molecule has 3 N–H and O–H groups in total. The van der Waals surface area contributed by atoms with Gasteiger partial charge in [-0.3, -0.25) is 4.79 Å². The van der Waals surface area contributed by atoms with Gasteiger partial charge in [0.15, 0.2) is 0 Å². The number of phenols is 1. The molecule has 0 heterocycles. The highest BCUT2D eigenvalue weighted by molar-refractivity contribution is 5.69. The first-order valence-corrected chi connectivity index (χ1v) is 15.9. The predicted octanol–water partition coefficient (Wildman–Crippen LogP) is 6.52. The lowest BCUT2D eigenvalue weighted by atomic mass is 9.41. The van der Waals surface area contributed by atoms with Crippen molar-refractivity contribution in [3.63, 3.8) is 0 Å². The van der Waals surface area contributed by atoms with Crippen LogP contribution < -0.4 is 0 Å². The number of aliphatic hydroxyl groups is 2. The zero-order valence-electron chi connectivity index (χ0n) is 24.6. The van der Waals surface area contributed by atoms with Gasteiger partial charge >= 0.3 is 5.97 Å². The number of aliphatic hydroxyl groups excluding tert-OH is 2. The van der Waals surface area contributed by atoms with Crippen LogP contribution in [0.15, 0.2) is 24.3 Å². The van der Waals surface area contributed by atoms with Crippen molar-refractivity contribution in [2.24, 2.45) is 52.3 Å². The van der Waals surface area contributed by atoms with Gasteiger partial charge in [-0.25, -0.2) is 0 Å². The van der Waals surface area contributed by atoms with Crippen molar-refractivity contribution in [2.45, 2.75) is 111 Å². The molecule has 218 valence electrons. The lowest BCUT2D eigenvalue weighted by Gasteiger charge is -2.64. The van der Waals surface area contributed by atoms with Crippen molar-refractivity contribution in [1.29, 1.82) is 0 Å². The molecular formula is C34H52O5. The summed E-state index contributed by atoms with van der Waals surface area (Å²) >= 11 is 0. The number of carbonyl (C=O) groups excluding carboxylic acids is 1. The molecule has 0 bridgehead atoms. The van der Waals surface area contributed by atoms with E-state index in [1.54, 1.807) is 12.1 Å². The lowest BCUT2D eigenvalue weighted by Crippen LogP contribution is -2.62. The molecule has 5 nitrogen and oxygen atoms in total. The van der Waals surface area contributed by atoms with E-state index in [1.165, 1.54) is 25.7 Å². The van der Waals surface area contributed by atoms with E-state index in [9.17, 15) is 20.1 Å². The van der Waals surface area contributed by atoms with Crippen LogP contribution in [0.25, 0.3) is 0 Å². The van der Waals surface area contributed by atoms with Crippen LogP contribution in [-0.2, 0) is 16.0 Å². The molecule has 0 aromatic heterocycles. The van der Waals surface area contributed by atoms with Gasteiger partial charge in [0.25, 0.3) is 0 Å². The normalized spacial score (nSPS) is 42.2. The number of hydrogen-bond donors (Lipinski definition) is 3. The van der Waals surface area contributed by atoms with E-state index in [4.69, 9.17) is 4.74 Å². The molecule has 1 aromatic rings. The topological polar surface area (TPSA) is 87.0 Å². The van der Waals surface area contributed by atoms with Crippen LogP contribution >= 0.6 is 0 Å². The Morgan fingerprint density at radius 1 is 1.00 bits per heavy atom. The van der Waals surface area contributed by atoms with E-state index in [2.05, 4.69) is 27.7 Å². The maximum Gasteiger partial charge on any atom is 0.306 e. The number of rotatable bonds is 8. The van der Waals surface area contributed by atoms with Crippen molar-refractivity contribution in [1.82, 2.24) is 0 Å². The average molecular weight is 541 g/mol. The van der Waals surface area contributed by atoms with Crippen LogP contribution in [0.3, 0.4) is 0 Å². The summed E-state index contributed by atoms with van der Waals surface area (Å²) in [7, 11) is 0. The Morgan fingerprint density at radius 2 is 1.69 bits per heavy atom. The number of phenolic OH excluding ortho intramolecular Hbond substituents is 1. The summed E-state index contributed by atoms with van der Waals surface area (Å²) in [6, 6.07) is 7.00. The van der Waals surface area contributed by atoms with Crippen molar-refractivity contribution >= 4 is 5.97 Å². The predicted molar refractivity (Wildman–Crippen MR) is 153 cm³/mol. The van der Waals surface area contributed by atoms with Gasteiger partial charge in [0.1, 0.15) is 5.75 Å². The van der Waals surface area contributed by atoms with Gasteiger partial charge in [-0.1, -0.05) is 46.2 Å². The van der Waals surface area contributed by atoms with E-state index in [0.29, 0.717) is 60.9 Å². The molecule has 4 fully saturated rings. The number of carbonyl (C=O) groups is 1. The Kier molecular flexibility index (Phi) is 8.42. The Morgan fingerprint density at radius 3 is 2.41 bits per heavy atom. The second-order valence-corrected chi connectivity index (χ2v) is 14.3. The quantitative estimate of drug-likeness (QED) is 0.327. The molecule has 4 saturated carbocycles. The van der Waals surface area contributed by atoms with Crippen molar-refractivity contribution in [2.75, 3.05) is 6.61 Å². The zero-order chi connectivity index (χ0) is 27.9. The standard InChI is InChI=1S/C34H52O5/c1-5-25-29-20-24(36)14-17-34(29,4)28-15-18-33(3)26(11-12-27(33)31(28)32(25)38)21(2)16-19-39-30(37)13-8-22-6-9-23(35)10-7-22/h6-7,9-10,21,24-29,31-32,35-36,38H,5,8,11-20H2,1-4H3/t21-,24-,25-,26-,27+,28+,29+,31+,32-,33-,34-/m1/s1. The van der Waals surface area contributed by atoms with Gasteiger partial charge in [-0.05, 0) is 128 Å². The second-order valence-electron chi connectivity index (χ2n) is 14.3. The molecule has 0 radical (unpaired) electrons. The monoisotopic (exact) mass is 540 g/mol. The summed E-state index contributed by atoms with van der Waals surface area (Å²) in [5.74, 6) is 3.41. The molecule has 0 aliphatic heterocycles. The molecule has 4 aliphatic carbocycles. The molecule has 11 atom stereocenters. The third-order valence-electron chi connectivity index (χ3n) is 12.5. The van der Waals surface area contributed by atoms with Gasteiger partial charge in [0.05, 0.1) is 18.8 Å². The molecule has 0 saturated heterocycles. The molecule has 1 aromatic carbocycles. The van der Waals surface area contributed by atoms with Gasteiger partial charge in [-0.15, -0.1) is 0 Å². The van der Waals surface area contributed by atoms with Crippen LogP contribution in [0.4, 0.5) is 0 Å². The Bertz CT molecular complexity index is 992. The highest BCUT2D eigenvalue weighted by Crippen LogP contribution is 2.69. The molecule has 5 rings (SSSR count). The third-order valence-corrected chi connectivity index (χ3v) is 12.5. The minimum atomic E-state index is -0.253.